The van der Waals surface area contributed by atoms with Gasteiger partial charge in [-0.05, 0) is 25.0 Å². The topological polar surface area (TPSA) is 123 Å². The van der Waals surface area contributed by atoms with Gasteiger partial charge in [0.25, 0.3) is 0 Å². The number of carbonyl (C=O) groups excluding carboxylic acids is 4. The van der Waals surface area contributed by atoms with E-state index in [1.54, 1.807) is 0 Å². The number of benzene rings is 2. The van der Waals surface area contributed by atoms with E-state index in [4.69, 9.17) is 4.74 Å². The van der Waals surface area contributed by atoms with Crippen LogP contribution in [-0.2, 0) is 36.9 Å². The summed E-state index contributed by atoms with van der Waals surface area (Å²) in [6, 6.07) is 15.4. The second-order valence-corrected chi connectivity index (χ2v) is 7.43. The lowest BCUT2D eigenvalue weighted by atomic mass is 10.0. The Balaban J connectivity index is 1.97. The normalized spacial score (nSPS) is 13.1. The van der Waals surface area contributed by atoms with Gasteiger partial charge in [0.1, 0.15) is 24.7 Å². The van der Waals surface area contributed by atoms with Gasteiger partial charge in [-0.25, -0.2) is 9.59 Å². The molecule has 9 heteroatoms. The highest BCUT2D eigenvalue weighted by molar-refractivity contribution is 5.93. The van der Waals surface area contributed by atoms with Crippen LogP contribution < -0.4 is 16.0 Å². The molecule has 0 aliphatic carbocycles. The third-order valence-corrected chi connectivity index (χ3v) is 4.77. The SMILES string of the molecule is COC(=O)[C@@H](C)NC(=O)[C@H](Cc1ccccc1)NC(=O)[C@H](C)NC(=O)OCc1ccccc1. The lowest BCUT2D eigenvalue weighted by molar-refractivity contribution is -0.144. The summed E-state index contributed by atoms with van der Waals surface area (Å²) >= 11 is 0. The van der Waals surface area contributed by atoms with Crippen molar-refractivity contribution in [3.63, 3.8) is 0 Å². The number of rotatable bonds is 10. The van der Waals surface area contributed by atoms with Gasteiger partial charge in [-0.15, -0.1) is 0 Å². The number of ether oxygens (including phenoxy) is 2. The third kappa shape index (κ3) is 8.64. The molecule has 0 spiro atoms. The standard InChI is InChI=1S/C24H29N3O6/c1-16(26-24(31)33-15-19-12-8-5-9-13-19)21(28)27-20(14-18-10-6-4-7-11-18)22(29)25-17(2)23(30)32-3/h4-13,16-17,20H,14-15H2,1-3H3,(H,25,29)(H,26,31)(H,27,28)/t16-,17+,20-/m0/s1. The van der Waals surface area contributed by atoms with Crippen molar-refractivity contribution in [1.82, 2.24) is 16.0 Å². The van der Waals surface area contributed by atoms with Crippen LogP contribution >= 0.6 is 0 Å². The van der Waals surface area contributed by atoms with Crippen LogP contribution in [-0.4, -0.2) is 49.1 Å². The molecule has 0 aromatic heterocycles. The molecule has 2 aromatic carbocycles. The first kappa shape index (κ1) is 25.4. The van der Waals surface area contributed by atoms with Crippen LogP contribution in [0.3, 0.4) is 0 Å². The molecule has 0 radical (unpaired) electrons. The van der Waals surface area contributed by atoms with Crippen molar-refractivity contribution >= 4 is 23.9 Å². The summed E-state index contributed by atoms with van der Waals surface area (Å²) in [6.07, 6.45) is -0.567. The Kier molecular flexibility index (Phi) is 9.88. The highest BCUT2D eigenvalue weighted by Gasteiger charge is 2.27. The minimum atomic E-state index is -0.975. The Hall–Kier alpha value is -3.88. The minimum absolute atomic E-state index is 0.0610. The van der Waals surface area contributed by atoms with E-state index in [0.717, 1.165) is 11.1 Å². The molecular formula is C24H29N3O6. The number of nitrogens with one attached hydrogen (secondary N) is 3. The highest BCUT2D eigenvalue weighted by atomic mass is 16.5. The molecule has 0 aliphatic heterocycles. The lowest BCUT2D eigenvalue weighted by Crippen LogP contribution is -2.55. The summed E-state index contributed by atoms with van der Waals surface area (Å²) in [6.45, 7) is 3.02. The quantitative estimate of drug-likeness (QED) is 0.469. The van der Waals surface area contributed by atoms with Crippen LogP contribution in [0.1, 0.15) is 25.0 Å². The van der Waals surface area contributed by atoms with Crippen LogP contribution in [0.2, 0.25) is 0 Å². The van der Waals surface area contributed by atoms with Gasteiger partial charge in [0, 0.05) is 6.42 Å². The molecule has 3 N–H and O–H groups in total. The number of alkyl carbamates (subject to hydrolysis) is 1. The molecule has 0 heterocycles. The number of methoxy groups -OCH3 is 1. The van der Waals surface area contributed by atoms with Gasteiger partial charge in [-0.2, -0.15) is 0 Å². The second-order valence-electron chi connectivity index (χ2n) is 7.43. The Labute approximate surface area is 192 Å². The zero-order valence-electron chi connectivity index (χ0n) is 18.9. The van der Waals surface area contributed by atoms with Gasteiger partial charge < -0.3 is 25.4 Å². The summed E-state index contributed by atoms with van der Waals surface area (Å²) in [5.74, 6) is -1.73. The van der Waals surface area contributed by atoms with Crippen molar-refractivity contribution in [2.45, 2.75) is 45.0 Å². The molecular weight excluding hydrogens is 426 g/mol. The summed E-state index contributed by atoms with van der Waals surface area (Å²) < 4.78 is 9.75. The molecule has 0 saturated heterocycles. The Morgan fingerprint density at radius 2 is 1.33 bits per heavy atom. The van der Waals surface area contributed by atoms with E-state index < -0.39 is 42.0 Å². The van der Waals surface area contributed by atoms with Crippen LogP contribution in [0.4, 0.5) is 4.79 Å². The molecule has 3 atom stereocenters. The van der Waals surface area contributed by atoms with Gasteiger partial charge in [-0.1, -0.05) is 60.7 Å². The van der Waals surface area contributed by atoms with E-state index in [0.29, 0.717) is 0 Å². The predicted molar refractivity (Wildman–Crippen MR) is 121 cm³/mol. The van der Waals surface area contributed by atoms with Gasteiger partial charge in [0.2, 0.25) is 11.8 Å². The van der Waals surface area contributed by atoms with E-state index in [1.165, 1.54) is 21.0 Å². The van der Waals surface area contributed by atoms with Gasteiger partial charge in [0.05, 0.1) is 7.11 Å². The zero-order chi connectivity index (χ0) is 24.2. The first-order valence-corrected chi connectivity index (χ1v) is 10.5. The Bertz CT molecular complexity index is 936. The fourth-order valence-corrected chi connectivity index (χ4v) is 2.91. The molecule has 0 unspecified atom stereocenters. The summed E-state index contributed by atoms with van der Waals surface area (Å²) in [4.78, 5) is 49.2. The molecule has 176 valence electrons. The average molecular weight is 456 g/mol. The van der Waals surface area contributed by atoms with Crippen LogP contribution in [0.25, 0.3) is 0 Å². The number of carbonyl (C=O) groups is 4. The second kappa shape index (κ2) is 12.8. The van der Waals surface area contributed by atoms with Crippen LogP contribution in [0.5, 0.6) is 0 Å². The fraction of sp³-hybridized carbons (Fsp3) is 0.333. The van der Waals surface area contributed by atoms with Crippen LogP contribution in [0.15, 0.2) is 60.7 Å². The monoisotopic (exact) mass is 455 g/mol. The summed E-state index contributed by atoms with van der Waals surface area (Å²) in [5.41, 5.74) is 1.62. The maximum atomic E-state index is 12.8. The Morgan fingerprint density at radius 1 is 0.758 bits per heavy atom. The molecule has 9 nitrogen and oxygen atoms in total. The van der Waals surface area contributed by atoms with Crippen molar-refractivity contribution in [3.8, 4) is 0 Å². The van der Waals surface area contributed by atoms with Gasteiger partial charge in [-0.3, -0.25) is 9.59 Å². The molecule has 2 aromatic rings. The van der Waals surface area contributed by atoms with Crippen LogP contribution in [0, 0.1) is 0 Å². The maximum absolute atomic E-state index is 12.8. The molecule has 0 bridgehead atoms. The molecule has 2 rings (SSSR count). The molecule has 0 aliphatic rings. The number of esters is 1. The lowest BCUT2D eigenvalue weighted by Gasteiger charge is -2.22. The van der Waals surface area contributed by atoms with E-state index in [2.05, 4.69) is 20.7 Å². The van der Waals surface area contributed by atoms with E-state index in [-0.39, 0.29) is 13.0 Å². The molecule has 33 heavy (non-hydrogen) atoms. The molecule has 3 amide bonds. The predicted octanol–water partition coefficient (Wildman–Crippen LogP) is 1.71. The molecule has 0 fully saturated rings. The molecule has 0 saturated carbocycles. The average Bonchev–Trinajstić information content (AvgIpc) is 2.82. The first-order chi connectivity index (χ1) is 15.8. The third-order valence-electron chi connectivity index (χ3n) is 4.77. The largest absolute Gasteiger partial charge is 0.467 e. The zero-order valence-corrected chi connectivity index (χ0v) is 18.9. The van der Waals surface area contributed by atoms with Crippen molar-refractivity contribution in [2.75, 3.05) is 7.11 Å². The van der Waals surface area contributed by atoms with Crippen molar-refractivity contribution in [3.05, 3.63) is 71.8 Å². The number of hydrogen-bond donors (Lipinski definition) is 3. The van der Waals surface area contributed by atoms with Gasteiger partial charge in [0.15, 0.2) is 0 Å². The summed E-state index contributed by atoms with van der Waals surface area (Å²) in [5, 5.41) is 7.61. The van der Waals surface area contributed by atoms with Crippen molar-refractivity contribution in [2.24, 2.45) is 0 Å². The number of amides is 3. The van der Waals surface area contributed by atoms with Crippen molar-refractivity contribution < 1.29 is 28.7 Å². The summed E-state index contributed by atoms with van der Waals surface area (Å²) in [7, 11) is 1.22. The van der Waals surface area contributed by atoms with Gasteiger partial charge >= 0.3 is 12.1 Å². The smallest absolute Gasteiger partial charge is 0.408 e. The highest BCUT2D eigenvalue weighted by Crippen LogP contribution is 2.05. The van der Waals surface area contributed by atoms with E-state index >= 15 is 0 Å². The maximum Gasteiger partial charge on any atom is 0.408 e. The van der Waals surface area contributed by atoms with E-state index in [9.17, 15) is 19.2 Å². The van der Waals surface area contributed by atoms with E-state index in [1.807, 2.05) is 60.7 Å². The first-order valence-electron chi connectivity index (χ1n) is 10.5. The minimum Gasteiger partial charge on any atom is -0.467 e. The fourth-order valence-electron chi connectivity index (χ4n) is 2.91. The Morgan fingerprint density at radius 3 is 1.91 bits per heavy atom. The van der Waals surface area contributed by atoms with Crippen molar-refractivity contribution in [1.29, 1.82) is 0 Å². The number of hydrogen-bond acceptors (Lipinski definition) is 6.